The van der Waals surface area contributed by atoms with Crippen LogP contribution in [0.3, 0.4) is 0 Å². The molecule has 76 valence electrons. The molecule has 0 heterocycles. The Morgan fingerprint density at radius 2 is 2.29 bits per heavy atom. The van der Waals surface area contributed by atoms with Gasteiger partial charge in [-0.3, -0.25) is 0 Å². The lowest BCUT2D eigenvalue weighted by Gasteiger charge is -2.04. The standard InChI is InChI=1S/C11H14ClNO/c1-13-8-4-6-9-5-3-7-10(14-2)11(9)12/h3-7,13H,8H2,1-2H3. The molecule has 1 aromatic carbocycles. The summed E-state index contributed by atoms with van der Waals surface area (Å²) >= 11 is 6.09. The molecule has 0 unspecified atom stereocenters. The van der Waals surface area contributed by atoms with Crippen LogP contribution in [0.15, 0.2) is 24.3 Å². The Morgan fingerprint density at radius 1 is 1.50 bits per heavy atom. The lowest BCUT2D eigenvalue weighted by molar-refractivity contribution is 0.415. The third kappa shape index (κ3) is 2.76. The minimum atomic E-state index is 0.655. The van der Waals surface area contributed by atoms with Gasteiger partial charge >= 0.3 is 0 Å². The minimum Gasteiger partial charge on any atom is -0.495 e. The van der Waals surface area contributed by atoms with Gasteiger partial charge in [0.1, 0.15) is 5.75 Å². The maximum atomic E-state index is 6.09. The van der Waals surface area contributed by atoms with Gasteiger partial charge in [-0.05, 0) is 18.7 Å². The van der Waals surface area contributed by atoms with E-state index >= 15 is 0 Å². The summed E-state index contributed by atoms with van der Waals surface area (Å²) in [6.07, 6.45) is 3.99. The first kappa shape index (κ1) is 11.1. The highest BCUT2D eigenvalue weighted by molar-refractivity contribution is 6.33. The Balaban J connectivity index is 2.86. The normalized spacial score (nSPS) is 10.8. The smallest absolute Gasteiger partial charge is 0.138 e. The molecule has 0 saturated carbocycles. The van der Waals surface area contributed by atoms with Crippen molar-refractivity contribution in [2.45, 2.75) is 0 Å². The zero-order chi connectivity index (χ0) is 10.4. The Morgan fingerprint density at radius 3 is 2.93 bits per heavy atom. The van der Waals surface area contributed by atoms with Crippen molar-refractivity contribution in [3.05, 3.63) is 34.9 Å². The Kier molecular flexibility index (Phi) is 4.50. The number of hydrogen-bond donors (Lipinski definition) is 1. The molecule has 0 aliphatic carbocycles. The van der Waals surface area contributed by atoms with Gasteiger partial charge in [-0.1, -0.05) is 35.9 Å². The number of hydrogen-bond acceptors (Lipinski definition) is 2. The molecule has 0 aromatic heterocycles. The number of ether oxygens (including phenoxy) is 1. The molecule has 1 N–H and O–H groups in total. The number of nitrogens with one attached hydrogen (secondary N) is 1. The van der Waals surface area contributed by atoms with E-state index in [9.17, 15) is 0 Å². The summed E-state index contributed by atoms with van der Waals surface area (Å²) < 4.78 is 5.11. The molecule has 0 bridgehead atoms. The largest absolute Gasteiger partial charge is 0.495 e. The number of likely N-dealkylation sites (N-methyl/N-ethyl adjacent to an activating group) is 1. The van der Waals surface area contributed by atoms with Crippen molar-refractivity contribution in [3.8, 4) is 5.75 Å². The summed E-state index contributed by atoms with van der Waals surface area (Å²) in [6.45, 7) is 0.827. The SMILES string of the molecule is CNCC=Cc1cccc(OC)c1Cl. The number of halogens is 1. The summed E-state index contributed by atoms with van der Waals surface area (Å²) in [6, 6.07) is 5.72. The number of benzene rings is 1. The molecule has 14 heavy (non-hydrogen) atoms. The van der Waals surface area contributed by atoms with Gasteiger partial charge in [-0.2, -0.15) is 0 Å². The highest BCUT2D eigenvalue weighted by Crippen LogP contribution is 2.28. The van der Waals surface area contributed by atoms with Crippen molar-refractivity contribution in [1.82, 2.24) is 5.32 Å². The van der Waals surface area contributed by atoms with Crippen LogP contribution in [0.2, 0.25) is 5.02 Å². The second-order valence-corrected chi connectivity index (χ2v) is 3.20. The van der Waals surface area contributed by atoms with Crippen LogP contribution in [0, 0.1) is 0 Å². The van der Waals surface area contributed by atoms with Crippen LogP contribution in [-0.4, -0.2) is 20.7 Å². The molecule has 1 rings (SSSR count). The second kappa shape index (κ2) is 5.68. The third-order valence-electron chi connectivity index (χ3n) is 1.83. The van der Waals surface area contributed by atoms with Gasteiger partial charge in [0.2, 0.25) is 0 Å². The lowest BCUT2D eigenvalue weighted by atomic mass is 10.2. The molecule has 0 saturated heterocycles. The molecule has 0 aliphatic heterocycles. The van der Waals surface area contributed by atoms with E-state index in [0.717, 1.165) is 12.1 Å². The maximum absolute atomic E-state index is 6.09. The molecule has 0 amide bonds. The van der Waals surface area contributed by atoms with E-state index < -0.39 is 0 Å². The summed E-state index contributed by atoms with van der Waals surface area (Å²) in [4.78, 5) is 0. The van der Waals surface area contributed by atoms with E-state index in [1.165, 1.54) is 0 Å². The van der Waals surface area contributed by atoms with Crippen LogP contribution in [0.5, 0.6) is 5.75 Å². The van der Waals surface area contributed by atoms with Gasteiger partial charge in [0.05, 0.1) is 12.1 Å². The van der Waals surface area contributed by atoms with Gasteiger partial charge in [-0.25, -0.2) is 0 Å². The van der Waals surface area contributed by atoms with E-state index in [1.54, 1.807) is 7.11 Å². The molecule has 0 atom stereocenters. The van der Waals surface area contributed by atoms with E-state index in [1.807, 2.05) is 37.4 Å². The van der Waals surface area contributed by atoms with E-state index in [2.05, 4.69) is 5.32 Å². The molecule has 0 radical (unpaired) electrons. The molecule has 0 spiro atoms. The highest BCUT2D eigenvalue weighted by atomic mass is 35.5. The maximum Gasteiger partial charge on any atom is 0.138 e. The van der Waals surface area contributed by atoms with Crippen molar-refractivity contribution >= 4 is 17.7 Å². The summed E-state index contributed by atoms with van der Waals surface area (Å²) in [7, 11) is 3.51. The monoisotopic (exact) mass is 211 g/mol. The fraction of sp³-hybridized carbons (Fsp3) is 0.273. The zero-order valence-corrected chi connectivity index (χ0v) is 9.14. The molecule has 3 heteroatoms. The first-order valence-corrected chi connectivity index (χ1v) is 4.81. The van der Waals surface area contributed by atoms with Gasteiger partial charge in [-0.15, -0.1) is 0 Å². The lowest BCUT2D eigenvalue weighted by Crippen LogP contribution is -2.03. The fourth-order valence-corrected chi connectivity index (χ4v) is 1.38. The summed E-state index contributed by atoms with van der Waals surface area (Å²) in [5.74, 6) is 0.707. The van der Waals surface area contributed by atoms with Crippen molar-refractivity contribution in [2.24, 2.45) is 0 Å². The molecular formula is C11H14ClNO. The average Bonchev–Trinajstić information content (AvgIpc) is 2.21. The quantitative estimate of drug-likeness (QED) is 0.827. The van der Waals surface area contributed by atoms with Gasteiger partial charge in [0, 0.05) is 6.54 Å². The topological polar surface area (TPSA) is 21.3 Å². The van der Waals surface area contributed by atoms with Crippen LogP contribution < -0.4 is 10.1 Å². The first-order chi connectivity index (χ1) is 6.79. The average molecular weight is 212 g/mol. The number of methoxy groups -OCH3 is 1. The molecule has 1 aromatic rings. The van der Waals surface area contributed by atoms with E-state index in [4.69, 9.17) is 16.3 Å². The molecular weight excluding hydrogens is 198 g/mol. The second-order valence-electron chi connectivity index (χ2n) is 2.82. The van der Waals surface area contributed by atoms with Crippen molar-refractivity contribution in [2.75, 3.05) is 20.7 Å². The Labute approximate surface area is 89.5 Å². The molecule has 0 fully saturated rings. The van der Waals surface area contributed by atoms with Crippen LogP contribution in [-0.2, 0) is 0 Å². The zero-order valence-electron chi connectivity index (χ0n) is 8.38. The van der Waals surface area contributed by atoms with E-state index in [0.29, 0.717) is 10.8 Å². The third-order valence-corrected chi connectivity index (χ3v) is 2.24. The predicted octanol–water partition coefficient (Wildman–Crippen LogP) is 2.58. The number of rotatable bonds is 4. The van der Waals surface area contributed by atoms with Gasteiger partial charge < -0.3 is 10.1 Å². The van der Waals surface area contributed by atoms with Crippen molar-refractivity contribution < 1.29 is 4.74 Å². The van der Waals surface area contributed by atoms with Crippen LogP contribution >= 0.6 is 11.6 Å². The summed E-state index contributed by atoms with van der Waals surface area (Å²) in [5, 5.41) is 3.68. The summed E-state index contributed by atoms with van der Waals surface area (Å²) in [5.41, 5.74) is 0.973. The Bertz CT molecular complexity index is 323. The van der Waals surface area contributed by atoms with Crippen LogP contribution in [0.25, 0.3) is 6.08 Å². The van der Waals surface area contributed by atoms with Crippen LogP contribution in [0.4, 0.5) is 0 Å². The van der Waals surface area contributed by atoms with Gasteiger partial charge in [0.15, 0.2) is 0 Å². The van der Waals surface area contributed by atoms with Crippen LogP contribution in [0.1, 0.15) is 5.56 Å². The van der Waals surface area contributed by atoms with E-state index in [-0.39, 0.29) is 0 Å². The van der Waals surface area contributed by atoms with Crippen molar-refractivity contribution in [3.63, 3.8) is 0 Å². The minimum absolute atomic E-state index is 0.655. The first-order valence-electron chi connectivity index (χ1n) is 4.43. The predicted molar refractivity (Wildman–Crippen MR) is 61.0 cm³/mol. The van der Waals surface area contributed by atoms with Crippen molar-refractivity contribution in [1.29, 1.82) is 0 Å². The Hall–Kier alpha value is -0.990. The highest BCUT2D eigenvalue weighted by Gasteiger charge is 2.02. The molecule has 2 nitrogen and oxygen atoms in total. The fourth-order valence-electron chi connectivity index (χ4n) is 1.12. The van der Waals surface area contributed by atoms with Gasteiger partial charge in [0.25, 0.3) is 0 Å². The molecule has 0 aliphatic rings.